The molecule has 3 heterocycles. The summed E-state index contributed by atoms with van der Waals surface area (Å²) in [5.41, 5.74) is 1.04. The lowest BCUT2D eigenvalue weighted by atomic mass is 9.90. The van der Waals surface area contributed by atoms with Crippen LogP contribution in [0.25, 0.3) is 11.4 Å². The van der Waals surface area contributed by atoms with Crippen LogP contribution in [0.15, 0.2) is 35.2 Å². The van der Waals surface area contributed by atoms with Crippen molar-refractivity contribution in [2.45, 2.75) is 52.4 Å². The van der Waals surface area contributed by atoms with Gasteiger partial charge in [0.1, 0.15) is 12.1 Å². The summed E-state index contributed by atoms with van der Waals surface area (Å²) in [6.07, 6.45) is 3.20. The Morgan fingerprint density at radius 2 is 1.97 bits per heavy atom. The van der Waals surface area contributed by atoms with Gasteiger partial charge in [0.15, 0.2) is 17.5 Å². The van der Waals surface area contributed by atoms with Crippen LogP contribution in [-0.4, -0.2) is 40.7 Å². The number of hydrogen-bond acceptors (Lipinski definition) is 9. The maximum absolute atomic E-state index is 15.4. The lowest BCUT2D eigenvalue weighted by molar-refractivity contribution is 0.0932. The zero-order valence-electron chi connectivity index (χ0n) is 20.5. The smallest absolute Gasteiger partial charge is 0.294 e. The highest BCUT2D eigenvalue weighted by atomic mass is 19.1. The molecule has 0 unspecified atom stereocenters. The third-order valence-electron chi connectivity index (χ3n) is 5.55. The quantitative estimate of drug-likeness (QED) is 0.382. The summed E-state index contributed by atoms with van der Waals surface area (Å²) < 4.78 is 22.2. The molecule has 0 aliphatic carbocycles. The highest BCUT2D eigenvalue weighted by Crippen LogP contribution is 2.31. The fourth-order valence-corrected chi connectivity index (χ4v) is 3.61. The highest BCUT2D eigenvalue weighted by Gasteiger charge is 2.26. The number of rotatable bonds is 7. The van der Waals surface area contributed by atoms with Crippen molar-refractivity contribution in [1.82, 2.24) is 34.9 Å². The summed E-state index contributed by atoms with van der Waals surface area (Å²) in [7, 11) is 1.80. The molecule has 0 aliphatic heterocycles. The van der Waals surface area contributed by atoms with Crippen molar-refractivity contribution in [3.8, 4) is 11.4 Å². The summed E-state index contributed by atoms with van der Waals surface area (Å²) >= 11 is 0. The zero-order valence-corrected chi connectivity index (χ0v) is 20.5. The average Bonchev–Trinajstić information content (AvgIpc) is 3.45. The number of nitrogens with one attached hydrogen (secondary N) is 1. The number of Topliss-reactive ketones (excluding diaryl/α,β-unsaturated/α-hetero) is 1. The Hall–Kier alpha value is -4.02. The van der Waals surface area contributed by atoms with E-state index in [1.807, 2.05) is 27.7 Å². The zero-order chi connectivity index (χ0) is 25.3. The molecule has 0 saturated carbocycles. The summed E-state index contributed by atoms with van der Waals surface area (Å²) in [6, 6.07) is 5.17. The van der Waals surface area contributed by atoms with Crippen molar-refractivity contribution in [3.05, 3.63) is 59.4 Å². The van der Waals surface area contributed by atoms with E-state index in [2.05, 4.69) is 35.5 Å². The van der Waals surface area contributed by atoms with E-state index < -0.39 is 5.82 Å². The number of nitrogens with zero attached hydrogens (tertiary/aromatic N) is 7. The van der Waals surface area contributed by atoms with Crippen LogP contribution in [0.4, 0.5) is 16.2 Å². The van der Waals surface area contributed by atoms with Gasteiger partial charge in [-0.1, -0.05) is 38.9 Å². The molecule has 0 saturated heterocycles. The van der Waals surface area contributed by atoms with Crippen LogP contribution >= 0.6 is 0 Å². The number of aryl methyl sites for hydroxylation is 1. The monoisotopic (exact) mass is 478 g/mol. The Labute approximate surface area is 202 Å². The molecule has 0 radical (unpaired) electrons. The van der Waals surface area contributed by atoms with Crippen LogP contribution in [-0.2, 0) is 12.5 Å². The first-order chi connectivity index (χ1) is 16.5. The van der Waals surface area contributed by atoms with Crippen molar-refractivity contribution in [1.29, 1.82) is 0 Å². The summed E-state index contributed by atoms with van der Waals surface area (Å²) in [4.78, 5) is 29.5. The number of anilines is 2. The van der Waals surface area contributed by atoms with Crippen LogP contribution in [0, 0.1) is 12.7 Å². The molecule has 0 amide bonds. The Morgan fingerprint density at radius 1 is 1.20 bits per heavy atom. The molecule has 4 aromatic rings. The molecule has 0 aliphatic rings. The Kier molecular flexibility index (Phi) is 6.42. The maximum Gasteiger partial charge on any atom is 0.294 e. The summed E-state index contributed by atoms with van der Waals surface area (Å²) in [6.45, 7) is 9.34. The van der Waals surface area contributed by atoms with Crippen molar-refractivity contribution < 1.29 is 13.7 Å². The Balaban J connectivity index is 1.53. The number of carbonyl (C=O) groups excluding carboxylic acids is 1. The van der Waals surface area contributed by atoms with Crippen molar-refractivity contribution in [3.63, 3.8) is 0 Å². The molecule has 0 fully saturated rings. The van der Waals surface area contributed by atoms with Crippen LogP contribution in [0.3, 0.4) is 0 Å². The predicted octanol–water partition coefficient (Wildman–Crippen LogP) is 4.52. The molecular weight excluding hydrogens is 451 g/mol. The molecule has 0 bridgehead atoms. The fourth-order valence-electron chi connectivity index (χ4n) is 3.61. The second kappa shape index (κ2) is 9.32. The van der Waals surface area contributed by atoms with Gasteiger partial charge in [0.25, 0.3) is 5.89 Å². The van der Waals surface area contributed by atoms with Crippen LogP contribution < -0.4 is 5.32 Å². The van der Waals surface area contributed by atoms with Crippen molar-refractivity contribution in [2.24, 2.45) is 7.05 Å². The van der Waals surface area contributed by atoms with Crippen LogP contribution in [0.5, 0.6) is 0 Å². The van der Waals surface area contributed by atoms with Gasteiger partial charge in [-0.2, -0.15) is 15.1 Å². The molecular formula is C24H27FN8O2. The number of halogens is 1. The average molecular weight is 479 g/mol. The van der Waals surface area contributed by atoms with Crippen molar-refractivity contribution in [2.75, 3.05) is 5.32 Å². The van der Waals surface area contributed by atoms with E-state index in [0.29, 0.717) is 22.8 Å². The van der Waals surface area contributed by atoms with Gasteiger partial charge >= 0.3 is 0 Å². The maximum atomic E-state index is 15.4. The first-order valence-electron chi connectivity index (χ1n) is 11.2. The summed E-state index contributed by atoms with van der Waals surface area (Å²) in [5, 5.41) is 11.1. The predicted molar refractivity (Wildman–Crippen MR) is 127 cm³/mol. The number of hydrogen-bond donors (Lipinski definition) is 1. The summed E-state index contributed by atoms with van der Waals surface area (Å²) in [5.74, 6) is 0.431. The fraction of sp³-hybridized carbons (Fsp3) is 0.375. The minimum absolute atomic E-state index is 0.0327. The van der Waals surface area contributed by atoms with E-state index in [-0.39, 0.29) is 46.8 Å². The minimum atomic E-state index is -0.454. The van der Waals surface area contributed by atoms with Crippen molar-refractivity contribution >= 4 is 17.5 Å². The molecule has 3 aromatic heterocycles. The van der Waals surface area contributed by atoms with E-state index in [1.165, 1.54) is 6.33 Å². The lowest BCUT2D eigenvalue weighted by Gasteiger charge is -2.16. The normalized spacial score (nSPS) is 12.5. The molecule has 4 rings (SSSR count). The Bertz CT molecular complexity index is 1370. The standard InChI is InChI=1S/C24H27FN8O2/c1-13(11-17(34)21-30-22(32-35-21)24(3,4)5)15-7-8-16(19(25)14(15)2)20-26-12-27-23(29-20)28-18-9-10-33(6)31-18/h7-10,12-13H,11H2,1-6H3,(H,26,27,28,29,31)/t13-/m0/s1. The van der Waals surface area contributed by atoms with Gasteiger partial charge in [0.05, 0.1) is 5.56 Å². The molecule has 10 nitrogen and oxygen atoms in total. The number of carbonyl (C=O) groups is 1. The second-order valence-corrected chi connectivity index (χ2v) is 9.48. The van der Waals surface area contributed by atoms with Crippen LogP contribution in [0.1, 0.15) is 67.7 Å². The van der Waals surface area contributed by atoms with Gasteiger partial charge in [0.2, 0.25) is 11.7 Å². The topological polar surface area (TPSA) is 125 Å². The second-order valence-electron chi connectivity index (χ2n) is 9.48. The van der Waals surface area contributed by atoms with E-state index in [1.54, 1.807) is 43.0 Å². The molecule has 35 heavy (non-hydrogen) atoms. The third kappa shape index (κ3) is 5.23. The third-order valence-corrected chi connectivity index (χ3v) is 5.55. The van der Waals surface area contributed by atoms with Gasteiger partial charge in [0, 0.05) is 31.1 Å². The Morgan fingerprint density at radius 3 is 2.63 bits per heavy atom. The first-order valence-corrected chi connectivity index (χ1v) is 11.2. The molecule has 11 heteroatoms. The minimum Gasteiger partial charge on any atom is -0.331 e. The number of benzene rings is 1. The molecule has 1 N–H and O–H groups in total. The SMILES string of the molecule is Cc1c([C@@H](C)CC(=O)c2nc(C(C)(C)C)no2)ccc(-c2ncnc(Nc3ccn(C)n3)n2)c1F. The van der Waals surface area contributed by atoms with Gasteiger partial charge in [-0.15, -0.1) is 0 Å². The van der Waals surface area contributed by atoms with E-state index in [0.717, 1.165) is 0 Å². The highest BCUT2D eigenvalue weighted by molar-refractivity contribution is 5.92. The van der Waals surface area contributed by atoms with Gasteiger partial charge in [-0.25, -0.2) is 14.4 Å². The van der Waals surface area contributed by atoms with E-state index in [4.69, 9.17) is 4.52 Å². The van der Waals surface area contributed by atoms with E-state index >= 15 is 4.39 Å². The first kappa shape index (κ1) is 24.1. The van der Waals surface area contributed by atoms with Crippen LogP contribution in [0.2, 0.25) is 0 Å². The molecule has 182 valence electrons. The lowest BCUT2D eigenvalue weighted by Crippen LogP contribution is -2.14. The van der Waals surface area contributed by atoms with E-state index in [9.17, 15) is 4.79 Å². The molecule has 1 aromatic carbocycles. The largest absolute Gasteiger partial charge is 0.331 e. The van der Waals surface area contributed by atoms with Gasteiger partial charge in [-0.05, 0) is 30.0 Å². The number of aromatic nitrogens is 7. The molecule has 1 atom stereocenters. The molecule has 0 spiro atoms. The van der Waals surface area contributed by atoms with Gasteiger partial charge in [-0.3, -0.25) is 9.48 Å². The van der Waals surface area contributed by atoms with Gasteiger partial charge < -0.3 is 9.84 Å². The number of ketones is 1.